The van der Waals surface area contributed by atoms with Crippen LogP contribution in [0.1, 0.15) is 6.92 Å². The van der Waals surface area contributed by atoms with Crippen LogP contribution in [0.3, 0.4) is 0 Å². The minimum absolute atomic E-state index is 0.343. The predicted molar refractivity (Wildman–Crippen MR) is 50.3 cm³/mol. The molecular weight excluding hydrogens is 201 g/mol. The summed E-state index contributed by atoms with van der Waals surface area (Å²) in [5.74, 6) is 0. The third-order valence-corrected chi connectivity index (χ3v) is 3.98. The molecule has 0 aliphatic rings. The maximum atomic E-state index is 5.66. The monoisotopic (exact) mass is 215 g/mol. The fourth-order valence-corrected chi connectivity index (χ4v) is 2.43. The summed E-state index contributed by atoms with van der Waals surface area (Å²) < 4.78 is 1.44. The molecule has 1 nitrogen and oxygen atoms in total. The van der Waals surface area contributed by atoms with Crippen LogP contribution in [0.5, 0.6) is 0 Å². The molecule has 1 rings (SSSR count). The minimum atomic E-state index is 0.343. The van der Waals surface area contributed by atoms with Crippen LogP contribution in [0.4, 0.5) is 0 Å². The van der Waals surface area contributed by atoms with Gasteiger partial charge in [0.25, 0.3) is 0 Å². The molecule has 0 amide bonds. The zero-order valence-corrected chi connectivity index (χ0v) is 8.37. The van der Waals surface area contributed by atoms with E-state index in [1.165, 1.54) is 4.46 Å². The van der Waals surface area contributed by atoms with Crippen LogP contribution < -0.4 is 10.2 Å². The fourth-order valence-electron chi connectivity index (χ4n) is 0.744. The molecule has 1 aromatic carbocycles. The van der Waals surface area contributed by atoms with Gasteiger partial charge in [-0.2, -0.15) is 0 Å². The summed E-state index contributed by atoms with van der Waals surface area (Å²) in [6.45, 7) is 2.06. The molecule has 0 aromatic heterocycles. The van der Waals surface area contributed by atoms with E-state index in [0.717, 1.165) is 5.32 Å². The number of rotatable bonds is 3. The standard InChI is InChI=1S/C9H13NSe/c1-8(10)7-11-9-5-3-2-4-6-9/h2-6,8H,7,10H2,1H3/t8-/m1/s1. The van der Waals surface area contributed by atoms with Crippen LogP contribution in [-0.2, 0) is 0 Å². The van der Waals surface area contributed by atoms with Crippen molar-refractivity contribution in [3.05, 3.63) is 30.3 Å². The fraction of sp³-hybridized carbons (Fsp3) is 0.333. The van der Waals surface area contributed by atoms with E-state index in [2.05, 4.69) is 31.2 Å². The van der Waals surface area contributed by atoms with Crippen LogP contribution in [0.15, 0.2) is 30.3 Å². The molecule has 0 spiro atoms. The van der Waals surface area contributed by atoms with Crippen molar-refractivity contribution >= 4 is 19.4 Å². The molecule has 11 heavy (non-hydrogen) atoms. The van der Waals surface area contributed by atoms with Gasteiger partial charge in [0.05, 0.1) is 0 Å². The summed E-state index contributed by atoms with van der Waals surface area (Å²) in [6, 6.07) is 10.9. The molecule has 0 aliphatic heterocycles. The molecule has 0 saturated carbocycles. The van der Waals surface area contributed by atoms with E-state index < -0.39 is 0 Å². The molecule has 1 atom stereocenters. The first kappa shape index (κ1) is 8.79. The van der Waals surface area contributed by atoms with Gasteiger partial charge in [0.2, 0.25) is 0 Å². The van der Waals surface area contributed by atoms with Gasteiger partial charge in [-0.15, -0.1) is 0 Å². The Morgan fingerprint density at radius 2 is 2.00 bits per heavy atom. The number of hydrogen-bond donors (Lipinski definition) is 1. The number of benzene rings is 1. The molecule has 0 fully saturated rings. The summed E-state index contributed by atoms with van der Waals surface area (Å²) in [5.41, 5.74) is 5.66. The van der Waals surface area contributed by atoms with Gasteiger partial charge >= 0.3 is 73.8 Å². The summed E-state index contributed by atoms with van der Waals surface area (Å²) in [6.07, 6.45) is 0. The van der Waals surface area contributed by atoms with E-state index in [4.69, 9.17) is 5.73 Å². The van der Waals surface area contributed by atoms with Crippen molar-refractivity contribution in [1.82, 2.24) is 0 Å². The molecule has 0 unspecified atom stereocenters. The Labute approximate surface area is 74.1 Å². The summed E-state index contributed by atoms with van der Waals surface area (Å²) in [4.78, 5) is 0. The second-order valence-electron chi connectivity index (χ2n) is 2.60. The predicted octanol–water partition coefficient (Wildman–Crippen LogP) is 0.782. The quantitative estimate of drug-likeness (QED) is 0.739. The van der Waals surface area contributed by atoms with Crippen LogP contribution in [-0.4, -0.2) is 21.0 Å². The van der Waals surface area contributed by atoms with Crippen LogP contribution >= 0.6 is 0 Å². The topological polar surface area (TPSA) is 26.0 Å². The third kappa shape index (κ3) is 3.57. The van der Waals surface area contributed by atoms with Crippen molar-refractivity contribution in [2.24, 2.45) is 5.73 Å². The SMILES string of the molecule is C[C@@H](N)C[Se]c1ccccc1. The van der Waals surface area contributed by atoms with Crippen LogP contribution in [0, 0.1) is 0 Å². The van der Waals surface area contributed by atoms with Crippen molar-refractivity contribution in [3.63, 3.8) is 0 Å². The zero-order valence-electron chi connectivity index (χ0n) is 6.66. The van der Waals surface area contributed by atoms with Crippen LogP contribution in [0.2, 0.25) is 5.32 Å². The van der Waals surface area contributed by atoms with Gasteiger partial charge in [0.15, 0.2) is 0 Å². The van der Waals surface area contributed by atoms with Crippen molar-refractivity contribution < 1.29 is 0 Å². The molecule has 0 heterocycles. The van der Waals surface area contributed by atoms with Crippen molar-refractivity contribution in [1.29, 1.82) is 0 Å². The van der Waals surface area contributed by atoms with Gasteiger partial charge < -0.3 is 0 Å². The van der Waals surface area contributed by atoms with Crippen molar-refractivity contribution in [2.75, 3.05) is 0 Å². The number of hydrogen-bond acceptors (Lipinski definition) is 1. The molecule has 0 radical (unpaired) electrons. The Morgan fingerprint density at radius 1 is 1.36 bits per heavy atom. The van der Waals surface area contributed by atoms with E-state index >= 15 is 0 Å². The Morgan fingerprint density at radius 3 is 2.55 bits per heavy atom. The Balaban J connectivity index is 2.39. The second kappa shape index (κ2) is 4.55. The third-order valence-electron chi connectivity index (χ3n) is 1.26. The van der Waals surface area contributed by atoms with Gasteiger partial charge in [-0.05, 0) is 0 Å². The normalized spacial score (nSPS) is 12.9. The average molecular weight is 214 g/mol. The first-order chi connectivity index (χ1) is 5.29. The molecule has 60 valence electrons. The molecule has 2 heteroatoms. The summed E-state index contributed by atoms with van der Waals surface area (Å²) >= 11 is 0.565. The van der Waals surface area contributed by atoms with Crippen molar-refractivity contribution in [2.45, 2.75) is 18.3 Å². The Kier molecular flexibility index (Phi) is 3.64. The van der Waals surface area contributed by atoms with Gasteiger partial charge in [-0.1, -0.05) is 0 Å². The number of nitrogens with two attached hydrogens (primary N) is 1. The molecule has 2 N–H and O–H groups in total. The Bertz CT molecular complexity index is 196. The zero-order chi connectivity index (χ0) is 8.10. The summed E-state index contributed by atoms with van der Waals surface area (Å²) in [7, 11) is 0. The summed E-state index contributed by atoms with van der Waals surface area (Å²) in [5, 5.41) is 1.14. The maximum absolute atomic E-state index is 5.66. The first-order valence-corrected chi connectivity index (χ1v) is 5.79. The van der Waals surface area contributed by atoms with Gasteiger partial charge in [0.1, 0.15) is 0 Å². The van der Waals surface area contributed by atoms with E-state index in [0.29, 0.717) is 21.0 Å². The van der Waals surface area contributed by atoms with Gasteiger partial charge in [-0.3, -0.25) is 0 Å². The van der Waals surface area contributed by atoms with Crippen LogP contribution in [0.25, 0.3) is 0 Å². The second-order valence-corrected chi connectivity index (χ2v) is 4.90. The Hall–Kier alpha value is -0.301. The average Bonchev–Trinajstić information content (AvgIpc) is 2.03. The molecule has 0 aliphatic carbocycles. The van der Waals surface area contributed by atoms with E-state index in [1.807, 2.05) is 6.07 Å². The first-order valence-electron chi connectivity index (χ1n) is 3.72. The van der Waals surface area contributed by atoms with Gasteiger partial charge in [-0.25, -0.2) is 0 Å². The van der Waals surface area contributed by atoms with E-state index in [-0.39, 0.29) is 0 Å². The molecule has 0 saturated heterocycles. The molecular formula is C9H13NSe. The van der Waals surface area contributed by atoms with E-state index in [1.54, 1.807) is 0 Å². The molecule has 1 aromatic rings. The van der Waals surface area contributed by atoms with Gasteiger partial charge in [0, 0.05) is 0 Å². The van der Waals surface area contributed by atoms with Crippen molar-refractivity contribution in [3.8, 4) is 0 Å². The van der Waals surface area contributed by atoms with E-state index in [9.17, 15) is 0 Å². The molecule has 0 bridgehead atoms.